The molecule has 1 heterocycles. The van der Waals surface area contributed by atoms with Gasteiger partial charge in [0.15, 0.2) is 0 Å². The zero-order valence-corrected chi connectivity index (χ0v) is 8.47. The molecule has 82 valence electrons. The summed E-state index contributed by atoms with van der Waals surface area (Å²) in [5, 5.41) is 2.94. The van der Waals surface area contributed by atoms with Gasteiger partial charge in [-0.1, -0.05) is 24.3 Å². The van der Waals surface area contributed by atoms with E-state index in [0.717, 1.165) is 0 Å². The number of hydrogen-bond acceptors (Lipinski definition) is 2. The molecule has 1 atom stereocenters. The Bertz CT molecular complexity index is 354. The van der Waals surface area contributed by atoms with Gasteiger partial charge in [-0.15, -0.1) is 0 Å². The third-order valence-corrected chi connectivity index (χ3v) is 2.56. The molecular weight excluding hydrogens is 200 g/mol. The molecule has 1 aliphatic rings. The summed E-state index contributed by atoms with van der Waals surface area (Å²) in [5.74, 6) is -2.86. The maximum Gasteiger partial charge on any atom is 0.296 e. The summed E-state index contributed by atoms with van der Waals surface area (Å²) in [5.41, 5.74) is 0.680. The summed E-state index contributed by atoms with van der Waals surface area (Å²) < 4.78 is 32.1. The maximum atomic E-state index is 13.5. The third-order valence-electron chi connectivity index (χ3n) is 2.56. The van der Waals surface area contributed by atoms with E-state index in [1.165, 1.54) is 6.07 Å². The largest absolute Gasteiger partial charge is 0.366 e. The Kier molecular flexibility index (Phi) is 2.71. The van der Waals surface area contributed by atoms with E-state index in [2.05, 4.69) is 5.32 Å². The maximum absolute atomic E-state index is 13.5. The summed E-state index contributed by atoms with van der Waals surface area (Å²) in [4.78, 5) is 0. The van der Waals surface area contributed by atoms with Crippen LogP contribution in [0.4, 0.5) is 8.78 Å². The van der Waals surface area contributed by atoms with Crippen molar-refractivity contribution in [3.63, 3.8) is 0 Å². The molecule has 2 nitrogen and oxygen atoms in total. The Morgan fingerprint density at radius 1 is 1.47 bits per heavy atom. The SMILES string of the molecule is CNCC1OCC(F)(F)c2ccccc21. The fourth-order valence-corrected chi connectivity index (χ4v) is 1.84. The molecule has 15 heavy (non-hydrogen) atoms. The van der Waals surface area contributed by atoms with Crippen molar-refractivity contribution in [3.05, 3.63) is 35.4 Å². The van der Waals surface area contributed by atoms with Crippen LogP contribution in [0.3, 0.4) is 0 Å². The predicted molar refractivity (Wildman–Crippen MR) is 53.0 cm³/mol. The highest BCUT2D eigenvalue weighted by Gasteiger charge is 2.40. The van der Waals surface area contributed by atoms with Crippen LogP contribution >= 0.6 is 0 Å². The van der Waals surface area contributed by atoms with Crippen molar-refractivity contribution in [1.29, 1.82) is 0 Å². The lowest BCUT2D eigenvalue weighted by atomic mass is 9.95. The van der Waals surface area contributed by atoms with Crippen molar-refractivity contribution >= 4 is 0 Å². The minimum Gasteiger partial charge on any atom is -0.366 e. The van der Waals surface area contributed by atoms with Crippen LogP contribution in [0, 0.1) is 0 Å². The first-order valence-corrected chi connectivity index (χ1v) is 4.88. The van der Waals surface area contributed by atoms with E-state index in [-0.39, 0.29) is 11.7 Å². The van der Waals surface area contributed by atoms with Gasteiger partial charge in [0.05, 0.1) is 6.10 Å². The highest BCUT2D eigenvalue weighted by Crippen LogP contribution is 2.39. The van der Waals surface area contributed by atoms with Gasteiger partial charge in [0.2, 0.25) is 0 Å². The van der Waals surface area contributed by atoms with Gasteiger partial charge in [0, 0.05) is 12.1 Å². The van der Waals surface area contributed by atoms with E-state index >= 15 is 0 Å². The molecule has 1 aromatic carbocycles. The molecule has 4 heteroatoms. The smallest absolute Gasteiger partial charge is 0.296 e. The van der Waals surface area contributed by atoms with Gasteiger partial charge in [-0.25, -0.2) is 0 Å². The number of fused-ring (bicyclic) bond motifs is 1. The van der Waals surface area contributed by atoms with Crippen LogP contribution in [0.15, 0.2) is 24.3 Å². The van der Waals surface area contributed by atoms with Gasteiger partial charge in [0.25, 0.3) is 5.92 Å². The number of hydrogen-bond donors (Lipinski definition) is 1. The molecule has 1 unspecified atom stereocenters. The van der Waals surface area contributed by atoms with Gasteiger partial charge < -0.3 is 10.1 Å². The monoisotopic (exact) mass is 213 g/mol. The Morgan fingerprint density at radius 3 is 2.93 bits per heavy atom. The fourth-order valence-electron chi connectivity index (χ4n) is 1.84. The van der Waals surface area contributed by atoms with Gasteiger partial charge in [0.1, 0.15) is 6.61 Å². The molecule has 0 radical (unpaired) electrons. The first kappa shape index (κ1) is 10.5. The number of nitrogens with one attached hydrogen (secondary N) is 1. The number of ether oxygens (including phenoxy) is 1. The highest BCUT2D eigenvalue weighted by atomic mass is 19.3. The van der Waals surface area contributed by atoms with Crippen molar-refractivity contribution in [2.45, 2.75) is 12.0 Å². The van der Waals surface area contributed by atoms with Crippen molar-refractivity contribution in [2.24, 2.45) is 0 Å². The summed E-state index contributed by atoms with van der Waals surface area (Å²) in [6.07, 6.45) is -0.272. The van der Waals surface area contributed by atoms with Crippen LogP contribution in [-0.2, 0) is 10.7 Å². The van der Waals surface area contributed by atoms with E-state index in [1.54, 1.807) is 25.2 Å². The number of likely N-dealkylation sites (N-methyl/N-ethyl adjacent to an activating group) is 1. The number of rotatable bonds is 2. The lowest BCUT2D eigenvalue weighted by Gasteiger charge is -2.31. The quantitative estimate of drug-likeness (QED) is 0.812. The molecule has 0 amide bonds. The van der Waals surface area contributed by atoms with E-state index < -0.39 is 12.5 Å². The normalized spacial score (nSPS) is 23.5. The molecule has 1 aromatic rings. The third kappa shape index (κ3) is 1.87. The van der Waals surface area contributed by atoms with Crippen LogP contribution in [0.2, 0.25) is 0 Å². The minimum absolute atomic E-state index is 0.0940. The number of halogens is 2. The lowest BCUT2D eigenvalue weighted by molar-refractivity contribution is -0.123. The van der Waals surface area contributed by atoms with Crippen LogP contribution in [0.25, 0.3) is 0 Å². The molecule has 0 spiro atoms. The minimum atomic E-state index is -2.86. The molecule has 1 N–H and O–H groups in total. The average Bonchev–Trinajstić information content (AvgIpc) is 2.23. The average molecular weight is 213 g/mol. The summed E-state index contributed by atoms with van der Waals surface area (Å²) in [7, 11) is 1.78. The Hall–Kier alpha value is -1.00. The first-order valence-electron chi connectivity index (χ1n) is 4.88. The lowest BCUT2D eigenvalue weighted by Crippen LogP contribution is -2.33. The molecule has 1 aliphatic heterocycles. The molecule has 2 rings (SSSR count). The van der Waals surface area contributed by atoms with Crippen molar-refractivity contribution in [1.82, 2.24) is 5.32 Å². The van der Waals surface area contributed by atoms with Gasteiger partial charge in [-0.2, -0.15) is 8.78 Å². The molecule has 0 saturated carbocycles. The van der Waals surface area contributed by atoms with Crippen LogP contribution in [-0.4, -0.2) is 20.2 Å². The molecular formula is C11H13F2NO. The van der Waals surface area contributed by atoms with Crippen LogP contribution in [0.5, 0.6) is 0 Å². The topological polar surface area (TPSA) is 21.3 Å². The van der Waals surface area contributed by atoms with Crippen molar-refractivity contribution < 1.29 is 13.5 Å². The van der Waals surface area contributed by atoms with E-state index in [1.807, 2.05) is 0 Å². The van der Waals surface area contributed by atoms with E-state index in [4.69, 9.17) is 4.74 Å². The van der Waals surface area contributed by atoms with E-state index in [9.17, 15) is 8.78 Å². The highest BCUT2D eigenvalue weighted by molar-refractivity contribution is 5.34. The zero-order chi connectivity index (χ0) is 10.9. The second-order valence-corrected chi connectivity index (χ2v) is 3.65. The summed E-state index contributed by atoms with van der Waals surface area (Å²) in [6, 6.07) is 6.56. The number of benzene rings is 1. The molecule has 0 aliphatic carbocycles. The second-order valence-electron chi connectivity index (χ2n) is 3.65. The van der Waals surface area contributed by atoms with Crippen molar-refractivity contribution in [3.8, 4) is 0 Å². The van der Waals surface area contributed by atoms with Gasteiger partial charge in [-0.3, -0.25) is 0 Å². The summed E-state index contributed by atoms with van der Waals surface area (Å²) in [6.45, 7) is 0.0173. The fraction of sp³-hybridized carbons (Fsp3) is 0.455. The zero-order valence-electron chi connectivity index (χ0n) is 8.47. The van der Waals surface area contributed by atoms with Gasteiger partial charge in [-0.05, 0) is 12.6 Å². The second kappa shape index (κ2) is 3.87. The van der Waals surface area contributed by atoms with Gasteiger partial charge >= 0.3 is 0 Å². The number of alkyl halides is 2. The molecule has 0 fully saturated rings. The Labute approximate surface area is 87.2 Å². The predicted octanol–water partition coefficient (Wildman–Crippen LogP) is 2.07. The summed E-state index contributed by atoms with van der Waals surface area (Å²) >= 11 is 0. The molecule has 0 saturated heterocycles. The van der Waals surface area contributed by atoms with E-state index in [0.29, 0.717) is 12.1 Å². The standard InChI is InChI=1S/C11H13F2NO/c1-14-6-10-8-4-2-3-5-9(8)11(12,13)7-15-10/h2-5,10,14H,6-7H2,1H3. The molecule has 0 bridgehead atoms. The van der Waals surface area contributed by atoms with Crippen LogP contribution in [0.1, 0.15) is 17.2 Å². The first-order chi connectivity index (χ1) is 7.15. The Balaban J connectivity index is 2.39. The van der Waals surface area contributed by atoms with Crippen molar-refractivity contribution in [2.75, 3.05) is 20.2 Å². The molecule has 0 aromatic heterocycles. The van der Waals surface area contributed by atoms with Crippen LogP contribution < -0.4 is 5.32 Å². The Morgan fingerprint density at radius 2 is 2.20 bits per heavy atom.